The second-order valence-electron chi connectivity index (χ2n) is 4.53. The van der Waals surface area contributed by atoms with Gasteiger partial charge in [-0.1, -0.05) is 6.92 Å². The van der Waals surface area contributed by atoms with Gasteiger partial charge in [-0.25, -0.2) is 4.79 Å². The molecular formula is C11H20N2O3. The zero-order valence-corrected chi connectivity index (χ0v) is 9.90. The molecule has 0 bridgehead atoms. The molecule has 0 aromatic rings. The number of amides is 2. The molecule has 2 N–H and O–H groups in total. The van der Waals surface area contributed by atoms with Crippen LogP contribution in [0.1, 0.15) is 33.1 Å². The van der Waals surface area contributed by atoms with E-state index in [-0.39, 0.29) is 6.03 Å². The minimum absolute atomic E-state index is 0.260. The fourth-order valence-corrected chi connectivity index (χ4v) is 1.80. The van der Waals surface area contributed by atoms with Crippen LogP contribution in [0.25, 0.3) is 0 Å². The van der Waals surface area contributed by atoms with Crippen molar-refractivity contribution in [2.45, 2.75) is 39.2 Å². The predicted molar refractivity (Wildman–Crippen MR) is 60.2 cm³/mol. The quantitative estimate of drug-likeness (QED) is 0.748. The van der Waals surface area contributed by atoms with Crippen LogP contribution in [0, 0.1) is 5.92 Å². The molecule has 0 radical (unpaired) electrons. The number of hydrogen-bond acceptors (Lipinski definition) is 2. The van der Waals surface area contributed by atoms with Crippen molar-refractivity contribution in [3.63, 3.8) is 0 Å². The Balaban J connectivity index is 2.44. The average Bonchev–Trinajstić information content (AvgIpc) is 2.42. The first kappa shape index (κ1) is 12.8. The van der Waals surface area contributed by atoms with E-state index in [4.69, 9.17) is 5.11 Å². The zero-order valence-electron chi connectivity index (χ0n) is 9.90. The predicted octanol–water partition coefficient (Wildman–Crippen LogP) is 1.29. The topological polar surface area (TPSA) is 69.6 Å². The van der Waals surface area contributed by atoms with Crippen molar-refractivity contribution in [3.8, 4) is 0 Å². The molecule has 1 aliphatic rings. The third-order valence-corrected chi connectivity index (χ3v) is 3.01. The van der Waals surface area contributed by atoms with Gasteiger partial charge in [-0.2, -0.15) is 0 Å². The Labute approximate surface area is 95.8 Å². The molecule has 0 aromatic carbocycles. The summed E-state index contributed by atoms with van der Waals surface area (Å²) in [5, 5.41) is 11.2. The van der Waals surface area contributed by atoms with Crippen LogP contribution in [-0.4, -0.2) is 41.1 Å². The van der Waals surface area contributed by atoms with E-state index in [9.17, 15) is 9.59 Å². The number of nitrogens with zero attached hydrogens (tertiary/aromatic N) is 1. The van der Waals surface area contributed by atoms with E-state index in [1.165, 1.54) is 6.92 Å². The van der Waals surface area contributed by atoms with Crippen molar-refractivity contribution in [1.29, 1.82) is 0 Å². The Bertz CT molecular complexity index is 268. The van der Waals surface area contributed by atoms with E-state index in [0.717, 1.165) is 32.4 Å². The van der Waals surface area contributed by atoms with Gasteiger partial charge in [0.2, 0.25) is 0 Å². The molecule has 1 heterocycles. The van der Waals surface area contributed by atoms with Crippen LogP contribution in [0.15, 0.2) is 0 Å². The standard InChI is InChI=1S/C11H20N2O3/c1-8-4-3-6-13(7-5-8)11(16)12-9(2)10(14)15/h8-9H,3-7H2,1-2H3,(H,12,16)(H,14,15)/t8?,9-/m0/s1. The Morgan fingerprint density at radius 1 is 1.38 bits per heavy atom. The highest BCUT2D eigenvalue weighted by atomic mass is 16.4. The molecule has 1 unspecified atom stereocenters. The number of hydrogen-bond donors (Lipinski definition) is 2. The van der Waals surface area contributed by atoms with Crippen molar-refractivity contribution >= 4 is 12.0 Å². The van der Waals surface area contributed by atoms with Gasteiger partial charge in [0, 0.05) is 13.1 Å². The van der Waals surface area contributed by atoms with Crippen LogP contribution in [0.2, 0.25) is 0 Å². The number of carbonyl (C=O) groups is 2. The maximum atomic E-state index is 11.7. The second-order valence-corrected chi connectivity index (χ2v) is 4.53. The summed E-state index contributed by atoms with van der Waals surface area (Å²) in [5.41, 5.74) is 0. The largest absolute Gasteiger partial charge is 0.480 e. The van der Waals surface area contributed by atoms with Gasteiger partial charge in [0.1, 0.15) is 6.04 Å². The van der Waals surface area contributed by atoms with Crippen molar-refractivity contribution in [2.75, 3.05) is 13.1 Å². The van der Waals surface area contributed by atoms with E-state index in [2.05, 4.69) is 12.2 Å². The Kier molecular flexibility index (Phi) is 4.58. The van der Waals surface area contributed by atoms with Crippen molar-refractivity contribution in [1.82, 2.24) is 10.2 Å². The summed E-state index contributed by atoms with van der Waals surface area (Å²) in [6.07, 6.45) is 3.13. The van der Waals surface area contributed by atoms with Crippen LogP contribution in [0.5, 0.6) is 0 Å². The Hall–Kier alpha value is -1.26. The summed E-state index contributed by atoms with van der Waals surface area (Å²) in [5.74, 6) is -0.355. The van der Waals surface area contributed by atoms with Crippen LogP contribution < -0.4 is 5.32 Å². The lowest BCUT2D eigenvalue weighted by molar-refractivity contribution is -0.138. The van der Waals surface area contributed by atoms with Crippen LogP contribution in [0.4, 0.5) is 4.79 Å². The number of nitrogens with one attached hydrogen (secondary N) is 1. The Morgan fingerprint density at radius 2 is 2.06 bits per heavy atom. The highest BCUT2D eigenvalue weighted by Gasteiger charge is 2.21. The molecule has 1 aliphatic heterocycles. The van der Waals surface area contributed by atoms with Gasteiger partial charge in [-0.3, -0.25) is 4.79 Å². The van der Waals surface area contributed by atoms with E-state index in [0.29, 0.717) is 5.92 Å². The van der Waals surface area contributed by atoms with Crippen molar-refractivity contribution in [2.24, 2.45) is 5.92 Å². The highest BCUT2D eigenvalue weighted by molar-refractivity contribution is 5.82. The number of rotatable bonds is 2. The fourth-order valence-electron chi connectivity index (χ4n) is 1.80. The van der Waals surface area contributed by atoms with Crippen molar-refractivity contribution in [3.05, 3.63) is 0 Å². The average molecular weight is 228 g/mol. The van der Waals surface area contributed by atoms with Crippen molar-refractivity contribution < 1.29 is 14.7 Å². The number of carboxylic acid groups (broad SMARTS) is 1. The molecule has 0 aliphatic carbocycles. The van der Waals surface area contributed by atoms with Gasteiger partial charge >= 0.3 is 12.0 Å². The molecule has 1 fully saturated rings. The summed E-state index contributed by atoms with van der Waals surface area (Å²) in [4.78, 5) is 24.0. The number of carboxylic acids is 1. The van der Waals surface area contributed by atoms with Gasteiger partial charge in [0.25, 0.3) is 0 Å². The minimum Gasteiger partial charge on any atom is -0.480 e. The third-order valence-electron chi connectivity index (χ3n) is 3.01. The highest BCUT2D eigenvalue weighted by Crippen LogP contribution is 2.16. The molecule has 5 heteroatoms. The second kappa shape index (κ2) is 5.72. The molecular weight excluding hydrogens is 208 g/mol. The van der Waals surface area contributed by atoms with Gasteiger partial charge in [-0.05, 0) is 32.1 Å². The van der Waals surface area contributed by atoms with E-state index in [1.807, 2.05) is 0 Å². The molecule has 2 amide bonds. The normalized spacial score (nSPS) is 23.4. The summed E-state index contributed by atoms with van der Waals surface area (Å²) in [6.45, 7) is 5.10. The lowest BCUT2D eigenvalue weighted by Crippen LogP contribution is -2.47. The monoisotopic (exact) mass is 228 g/mol. The first-order chi connectivity index (χ1) is 7.50. The van der Waals surface area contributed by atoms with Crippen LogP contribution in [-0.2, 0) is 4.79 Å². The summed E-state index contributed by atoms with van der Waals surface area (Å²) in [7, 11) is 0. The zero-order chi connectivity index (χ0) is 12.1. The number of carbonyl (C=O) groups excluding carboxylic acids is 1. The first-order valence-corrected chi connectivity index (χ1v) is 5.79. The van der Waals surface area contributed by atoms with Crippen LogP contribution in [0.3, 0.4) is 0 Å². The van der Waals surface area contributed by atoms with E-state index < -0.39 is 12.0 Å². The van der Waals surface area contributed by atoms with Gasteiger partial charge in [0.05, 0.1) is 0 Å². The molecule has 0 spiro atoms. The van der Waals surface area contributed by atoms with E-state index >= 15 is 0 Å². The molecule has 16 heavy (non-hydrogen) atoms. The number of urea groups is 1. The smallest absolute Gasteiger partial charge is 0.325 e. The molecule has 92 valence electrons. The fraction of sp³-hybridized carbons (Fsp3) is 0.818. The maximum absolute atomic E-state index is 11.7. The molecule has 1 saturated heterocycles. The summed E-state index contributed by atoms with van der Waals surface area (Å²) < 4.78 is 0. The minimum atomic E-state index is -1.00. The number of aliphatic carboxylic acids is 1. The van der Waals surface area contributed by atoms with E-state index in [1.54, 1.807) is 4.90 Å². The summed E-state index contributed by atoms with van der Waals surface area (Å²) in [6, 6.07) is -1.09. The number of likely N-dealkylation sites (tertiary alicyclic amines) is 1. The first-order valence-electron chi connectivity index (χ1n) is 5.79. The van der Waals surface area contributed by atoms with Gasteiger partial charge < -0.3 is 15.3 Å². The molecule has 5 nitrogen and oxygen atoms in total. The molecule has 0 saturated carbocycles. The third kappa shape index (κ3) is 3.72. The maximum Gasteiger partial charge on any atom is 0.325 e. The van der Waals surface area contributed by atoms with Gasteiger partial charge in [0.15, 0.2) is 0 Å². The molecule has 2 atom stereocenters. The SMILES string of the molecule is CC1CCCN(C(=O)N[C@@H](C)C(=O)O)CC1. The van der Waals surface area contributed by atoms with Crippen LogP contribution >= 0.6 is 0 Å². The van der Waals surface area contributed by atoms with Gasteiger partial charge in [-0.15, -0.1) is 0 Å². The lowest BCUT2D eigenvalue weighted by atomic mass is 10.0. The Morgan fingerprint density at radius 3 is 2.69 bits per heavy atom. The lowest BCUT2D eigenvalue weighted by Gasteiger charge is -2.22. The molecule has 1 rings (SSSR count). The molecule has 0 aromatic heterocycles. The summed E-state index contributed by atoms with van der Waals surface area (Å²) >= 11 is 0.